The lowest BCUT2D eigenvalue weighted by atomic mass is 9.94. The predicted octanol–water partition coefficient (Wildman–Crippen LogP) is -0.937. The van der Waals surface area contributed by atoms with Crippen molar-refractivity contribution in [3.8, 4) is 0 Å². The molecule has 7 aliphatic rings. The molecule has 0 aromatic heterocycles. The maximum atomic E-state index is 14.0. The van der Waals surface area contributed by atoms with E-state index in [1.165, 1.54) is 0 Å². The summed E-state index contributed by atoms with van der Waals surface area (Å²) in [6, 6.07) is -1.60. The van der Waals surface area contributed by atoms with E-state index < -0.39 is 212 Å². The smallest absolute Gasteiger partial charge is 0.397 e. The molecule has 7 rings (SSSR count). The minimum atomic E-state index is -5.58. The molecule has 0 aromatic carbocycles. The molecule has 674 valence electrons. The van der Waals surface area contributed by atoms with Gasteiger partial charge in [-0.05, 0) is 25.7 Å². The fourth-order valence-corrected chi connectivity index (χ4v) is 17.1. The second-order valence-corrected chi connectivity index (χ2v) is 30.4. The molecule has 0 radical (unpaired) electrons. The third-order valence-corrected chi connectivity index (χ3v) is 22.5. The third-order valence-electron chi connectivity index (χ3n) is 18.1. The SMILES string of the molecule is COC1C(OC)[C@H](O[C@H]2O[C@@H](COS(=O)(=O)O)[C@@H](O[C@@H]3OC(C(=O)O)[C@@H](O[C@@H]4OC(COS(=O)(=O)O)[C@@H](OC)[C@H](OC)C4NC(=O)CCCCCNC(=O)CCCCC4SCC5NC(=O)NC54)[C@H](OC)C3OC)C(OSOOO)C2OSOOO)[C@H](C(=O)O)O[C@@H]1O[C@@H]1C(COSOOO)O[C@H](OC)C(OSOOO)[C@H]1OSOOO. The molecule has 7 heterocycles. The topological polar surface area (TPSA) is 688 Å². The maximum absolute atomic E-state index is 14.0. The van der Waals surface area contributed by atoms with Gasteiger partial charge in [-0.2, -0.15) is 28.6 Å². The first-order valence-corrected chi connectivity index (χ1v) is 40.8. The zero-order valence-corrected chi connectivity index (χ0v) is 67.8. The molecule has 63 heteroatoms. The largest absolute Gasteiger partial charge is 0.479 e. The summed E-state index contributed by atoms with van der Waals surface area (Å²) in [6.45, 7) is -2.85. The minimum absolute atomic E-state index is 0.0361. The Morgan fingerprint density at radius 3 is 1.36 bits per heavy atom. The number of carbonyl (C=O) groups is 5. The highest BCUT2D eigenvalue weighted by Gasteiger charge is 2.62. The highest BCUT2D eigenvalue weighted by molar-refractivity contribution is 8.00. The van der Waals surface area contributed by atoms with E-state index in [0.29, 0.717) is 19.3 Å². The lowest BCUT2D eigenvalue weighted by Crippen LogP contribution is -2.70. The summed E-state index contributed by atoms with van der Waals surface area (Å²) in [5.74, 6) is -3.85. The number of hydrogen-bond donors (Lipinski definition) is 13. The Balaban J connectivity index is 1.16. The van der Waals surface area contributed by atoms with Crippen molar-refractivity contribution in [3.63, 3.8) is 0 Å². The molecule has 4 amide bonds. The van der Waals surface area contributed by atoms with Gasteiger partial charge in [0.05, 0.1) is 31.9 Å². The summed E-state index contributed by atoms with van der Waals surface area (Å²) in [6.07, 6.45) is -43.0. The number of aliphatic carboxylic acids is 2. The Kier molecular flexibility index (Phi) is 44.9. The minimum Gasteiger partial charge on any atom is -0.479 e. The number of hydrogen-bond acceptors (Lipinski definition) is 53. The molecule has 0 aromatic rings. The number of unbranched alkanes of at least 4 members (excludes halogenated alkanes) is 3. The van der Waals surface area contributed by atoms with Crippen molar-refractivity contribution in [3.05, 3.63) is 0 Å². The Morgan fingerprint density at radius 1 is 0.457 bits per heavy atom. The Morgan fingerprint density at radius 2 is 0.879 bits per heavy atom. The quantitative estimate of drug-likeness (QED) is 0.00873. The first-order chi connectivity index (χ1) is 55.7. The standard InChI is InChI=1S/C53H88N4O51S8/c1-76-30-23(18-84-115(70,71)72)86-48(29(33(30)77-2)56-27(59)15-9-8-12-16-54-26(58)14-11-10-13-25-28-21(20-109-25)55-53(64)57-28)91-36-34(78-3)42(80-5)51(93-40(36)46(60)61)90-32-24(19-85-116(73,74)75)88-52(45(98-114-108-103-69)39(32)96-112-106-101-67)92-37-35(79-4)43(81-6)50(94-41(37)47(62)63)89-31-22(17-83-110-104-99-65)87-49(82-7)44(97-113-107-102-68)38(31)95-111-105-100-66/h21-25,28-45,48-52,65-69H,8-20H2,1-7H3,(H,54,58)(H,56,59)(H,60,61)(H,62,63)(H2,55,57,64)(H,70,71,72)(H,73,74,75)/t21?,22?,23?,24-,25?,28?,29?,30+,31+,32+,33+,34-,35?,36-,37-,38-,39?,40?,41+,42?,43?,44?,45?,48-,49-,50-,51+,52+/m0/s1. The van der Waals surface area contributed by atoms with Crippen molar-refractivity contribution in [2.45, 2.75) is 222 Å². The Bertz CT molecular complexity index is 3160. The number of nitrogens with one attached hydrogen (secondary N) is 4. The monoisotopic (exact) mass is 1850 g/mol. The Labute approximate surface area is 684 Å². The summed E-state index contributed by atoms with van der Waals surface area (Å²) < 4.78 is 225. The second kappa shape index (κ2) is 51.7. The molecular formula is C53H88N4O51S8. The number of carboxylic acids is 2. The summed E-state index contributed by atoms with van der Waals surface area (Å²) in [5.41, 5.74) is 0. The van der Waals surface area contributed by atoms with Crippen LogP contribution in [0.2, 0.25) is 0 Å². The van der Waals surface area contributed by atoms with Crippen molar-refractivity contribution in [1.29, 1.82) is 0 Å². The second-order valence-electron chi connectivity index (χ2n) is 24.6. The van der Waals surface area contributed by atoms with Gasteiger partial charge < -0.3 is 107 Å². The lowest BCUT2D eigenvalue weighted by Gasteiger charge is -2.51. The molecule has 0 spiro atoms. The van der Waals surface area contributed by atoms with Crippen LogP contribution in [-0.4, -0.2) is 345 Å². The number of amides is 4. The number of urea groups is 1. The lowest BCUT2D eigenvalue weighted by molar-refractivity contribution is -0.437. The fraction of sp³-hybridized carbons (Fsp3) is 0.906. The molecule has 13 unspecified atom stereocenters. The van der Waals surface area contributed by atoms with Gasteiger partial charge in [0.2, 0.25) is 11.8 Å². The van der Waals surface area contributed by atoms with Crippen molar-refractivity contribution in [2.75, 3.05) is 81.9 Å². The van der Waals surface area contributed by atoms with E-state index in [1.807, 2.05) is 0 Å². The van der Waals surface area contributed by atoms with Gasteiger partial charge in [-0.15, -0.1) is 21.7 Å². The number of rotatable bonds is 56. The average molecular weight is 1850 g/mol. The molecule has 55 nitrogen and oxygen atoms in total. The fourth-order valence-electron chi connectivity index (χ4n) is 13.3. The zero-order valence-electron chi connectivity index (χ0n) is 61.3. The van der Waals surface area contributed by atoms with Crippen molar-refractivity contribution in [2.24, 2.45) is 0 Å². The summed E-state index contributed by atoms with van der Waals surface area (Å²) in [4.78, 5) is 66.0. The summed E-state index contributed by atoms with van der Waals surface area (Å²) >= 11 is 1.15. The molecule has 7 saturated heterocycles. The van der Waals surface area contributed by atoms with Crippen molar-refractivity contribution in [1.82, 2.24) is 21.3 Å². The van der Waals surface area contributed by atoms with E-state index >= 15 is 0 Å². The van der Waals surface area contributed by atoms with Crippen LogP contribution in [0, 0.1) is 0 Å². The van der Waals surface area contributed by atoms with Gasteiger partial charge in [-0.25, -0.2) is 49.0 Å². The van der Waals surface area contributed by atoms with Crippen LogP contribution < -0.4 is 21.3 Å². The summed E-state index contributed by atoms with van der Waals surface area (Å²) in [7, 11) is -3.32. The number of fused-ring (bicyclic) bond motifs is 1. The maximum Gasteiger partial charge on any atom is 0.397 e. The summed E-state index contributed by atoms with van der Waals surface area (Å²) in [5, 5.41) is 97.3. The van der Waals surface area contributed by atoms with E-state index in [0.717, 1.165) is 68.4 Å². The van der Waals surface area contributed by atoms with E-state index in [-0.39, 0.29) is 117 Å². The Hall–Kier alpha value is -2.45. The third kappa shape index (κ3) is 29.6. The number of carbonyl (C=O) groups excluding carboxylic acids is 3. The van der Waals surface area contributed by atoms with Crippen LogP contribution in [0.25, 0.3) is 0 Å². The van der Waals surface area contributed by atoms with Crippen LogP contribution in [0.1, 0.15) is 51.4 Å². The van der Waals surface area contributed by atoms with Crippen molar-refractivity contribution >= 4 is 124 Å². The van der Waals surface area contributed by atoms with Gasteiger partial charge >= 0.3 is 38.8 Å². The molecule has 116 heavy (non-hydrogen) atoms. The molecule has 7 fully saturated rings. The first kappa shape index (κ1) is 101. The van der Waals surface area contributed by atoms with Crippen LogP contribution in [0.3, 0.4) is 0 Å². The molecule has 7 aliphatic heterocycles. The van der Waals surface area contributed by atoms with Gasteiger partial charge in [-0.3, -0.25) is 39.6 Å². The van der Waals surface area contributed by atoms with Gasteiger partial charge in [-0.1, -0.05) is 38.0 Å². The zero-order chi connectivity index (χ0) is 84.7. The number of thioether (sulfide) groups is 1. The van der Waals surface area contributed by atoms with Crippen LogP contribution in [0.5, 0.6) is 0 Å². The normalized spacial score (nSPS) is 34.9. The molecule has 28 atom stereocenters. The van der Waals surface area contributed by atoms with Gasteiger partial charge in [0.15, 0.2) is 117 Å². The highest BCUT2D eigenvalue weighted by atomic mass is 32.3. The highest BCUT2D eigenvalue weighted by Crippen LogP contribution is 2.43. The van der Waals surface area contributed by atoms with Crippen LogP contribution in [-0.2, 0) is 192 Å². The molecular weight excluding hydrogens is 1770 g/mol. The van der Waals surface area contributed by atoms with E-state index in [2.05, 4.69) is 72.3 Å². The predicted molar refractivity (Wildman–Crippen MR) is 370 cm³/mol. The molecule has 0 saturated carbocycles. The van der Waals surface area contributed by atoms with Crippen molar-refractivity contribution < 1.29 is 238 Å². The van der Waals surface area contributed by atoms with Gasteiger partial charge in [0, 0.05) is 80.2 Å². The number of carboxylic acid groups (broad SMARTS) is 2. The van der Waals surface area contributed by atoms with Crippen LogP contribution in [0.4, 0.5) is 4.79 Å². The number of methoxy groups -OCH3 is 7. The van der Waals surface area contributed by atoms with E-state index in [1.54, 1.807) is 11.8 Å². The molecule has 0 bridgehead atoms. The first-order valence-electron chi connectivity index (χ1n) is 33.7. The average Bonchev–Trinajstić information content (AvgIpc) is 0.910. The van der Waals surface area contributed by atoms with E-state index in [4.69, 9.17) is 117 Å². The van der Waals surface area contributed by atoms with Crippen LogP contribution >= 0.6 is 73.4 Å². The molecule has 13 N–H and O–H groups in total. The molecule has 0 aliphatic carbocycles. The number of ether oxygens (including phenoxy) is 16. The van der Waals surface area contributed by atoms with Gasteiger partial charge in [0.25, 0.3) is 0 Å². The van der Waals surface area contributed by atoms with E-state index in [9.17, 15) is 70.6 Å². The van der Waals surface area contributed by atoms with Crippen LogP contribution in [0.15, 0.2) is 0 Å². The van der Waals surface area contributed by atoms with Gasteiger partial charge in [0.1, 0.15) is 97.6 Å².